The molecule has 5 heteroatoms. The molecule has 3 atom stereocenters. The van der Waals surface area contributed by atoms with E-state index in [-0.39, 0.29) is 17.3 Å². The van der Waals surface area contributed by atoms with E-state index in [4.69, 9.17) is 5.73 Å². The molecule has 3 N–H and O–H groups in total. The minimum absolute atomic E-state index is 0.0249. The number of nitrogen functional groups attached to an aromatic ring is 1. The van der Waals surface area contributed by atoms with Gasteiger partial charge in [-0.25, -0.2) is 8.78 Å². The maximum Gasteiger partial charge on any atom is 0.254 e. The minimum atomic E-state index is -0.884. The van der Waals surface area contributed by atoms with Crippen molar-refractivity contribution in [2.45, 2.75) is 39.2 Å². The SMILES string of the molecule is CC1CCCC(NC(=O)c2cc(N)c(F)cc2F)C1C. The molecule has 1 amide bonds. The fourth-order valence-electron chi connectivity index (χ4n) is 2.77. The lowest BCUT2D eigenvalue weighted by atomic mass is 9.78. The van der Waals surface area contributed by atoms with Crippen molar-refractivity contribution in [3.05, 3.63) is 29.3 Å². The van der Waals surface area contributed by atoms with Crippen LogP contribution in [0.4, 0.5) is 14.5 Å². The molecular weight excluding hydrogens is 262 g/mol. The molecular formula is C15H20F2N2O. The van der Waals surface area contributed by atoms with Crippen LogP contribution in [0.3, 0.4) is 0 Å². The fourth-order valence-corrected chi connectivity index (χ4v) is 2.77. The Kier molecular flexibility index (Phi) is 4.26. The quantitative estimate of drug-likeness (QED) is 0.819. The number of nitrogens with one attached hydrogen (secondary N) is 1. The maximum atomic E-state index is 13.7. The fraction of sp³-hybridized carbons (Fsp3) is 0.533. The molecule has 0 aromatic heterocycles. The van der Waals surface area contributed by atoms with Crippen LogP contribution in [0.1, 0.15) is 43.5 Å². The zero-order valence-corrected chi connectivity index (χ0v) is 11.7. The lowest BCUT2D eigenvalue weighted by molar-refractivity contribution is 0.0887. The smallest absolute Gasteiger partial charge is 0.254 e. The highest BCUT2D eigenvalue weighted by atomic mass is 19.1. The molecule has 20 heavy (non-hydrogen) atoms. The van der Waals surface area contributed by atoms with Gasteiger partial charge in [0, 0.05) is 12.1 Å². The molecule has 110 valence electrons. The molecule has 0 spiro atoms. The Morgan fingerprint density at radius 1 is 1.25 bits per heavy atom. The number of hydrogen-bond acceptors (Lipinski definition) is 2. The van der Waals surface area contributed by atoms with Gasteiger partial charge < -0.3 is 11.1 Å². The summed E-state index contributed by atoms with van der Waals surface area (Å²) in [5.41, 5.74) is 4.97. The van der Waals surface area contributed by atoms with Gasteiger partial charge in [0.2, 0.25) is 0 Å². The monoisotopic (exact) mass is 282 g/mol. The zero-order valence-electron chi connectivity index (χ0n) is 11.7. The predicted molar refractivity (Wildman–Crippen MR) is 74.2 cm³/mol. The third kappa shape index (κ3) is 2.92. The normalized spacial score (nSPS) is 26.3. The summed E-state index contributed by atoms with van der Waals surface area (Å²) in [7, 11) is 0. The van der Waals surface area contributed by atoms with E-state index in [1.54, 1.807) is 0 Å². The number of rotatable bonds is 2. The standard InChI is InChI=1S/C15H20F2N2O/c1-8-4-3-5-14(9(8)2)19-15(20)10-6-13(18)12(17)7-11(10)16/h6-9,14H,3-5,18H2,1-2H3,(H,19,20). The Morgan fingerprint density at radius 2 is 1.95 bits per heavy atom. The van der Waals surface area contributed by atoms with E-state index < -0.39 is 17.5 Å². The number of halogens is 2. The first kappa shape index (κ1) is 14.8. The Balaban J connectivity index is 2.14. The summed E-state index contributed by atoms with van der Waals surface area (Å²) in [5, 5.41) is 2.85. The number of benzene rings is 1. The van der Waals surface area contributed by atoms with Crippen molar-refractivity contribution in [1.29, 1.82) is 0 Å². The summed E-state index contributed by atoms with van der Waals surface area (Å²) >= 11 is 0. The first-order chi connectivity index (χ1) is 9.40. The molecule has 0 aliphatic heterocycles. The third-order valence-corrected chi connectivity index (χ3v) is 4.35. The molecule has 0 saturated heterocycles. The second kappa shape index (κ2) is 5.77. The number of carbonyl (C=O) groups excluding carboxylic acids is 1. The molecule has 1 aromatic carbocycles. The maximum absolute atomic E-state index is 13.7. The Hall–Kier alpha value is -1.65. The van der Waals surface area contributed by atoms with Crippen molar-refractivity contribution in [1.82, 2.24) is 5.32 Å². The highest BCUT2D eigenvalue weighted by Gasteiger charge is 2.29. The van der Waals surface area contributed by atoms with E-state index in [9.17, 15) is 13.6 Å². The summed E-state index contributed by atoms with van der Waals surface area (Å²) in [6.07, 6.45) is 3.07. The molecule has 3 unspecified atom stereocenters. The van der Waals surface area contributed by atoms with E-state index in [0.29, 0.717) is 17.9 Å². The van der Waals surface area contributed by atoms with E-state index in [1.807, 2.05) is 0 Å². The van der Waals surface area contributed by atoms with Crippen molar-refractivity contribution in [2.24, 2.45) is 11.8 Å². The van der Waals surface area contributed by atoms with Crippen LogP contribution in [0.25, 0.3) is 0 Å². The number of anilines is 1. The largest absolute Gasteiger partial charge is 0.396 e. The van der Waals surface area contributed by atoms with Crippen LogP contribution < -0.4 is 11.1 Å². The second-order valence-corrected chi connectivity index (χ2v) is 5.70. The van der Waals surface area contributed by atoms with Gasteiger partial charge >= 0.3 is 0 Å². The van der Waals surface area contributed by atoms with Crippen molar-refractivity contribution < 1.29 is 13.6 Å². The molecule has 1 saturated carbocycles. The lowest BCUT2D eigenvalue weighted by Crippen LogP contribution is -2.44. The van der Waals surface area contributed by atoms with Gasteiger partial charge in [0.25, 0.3) is 5.91 Å². The molecule has 1 aliphatic rings. The highest BCUT2D eigenvalue weighted by Crippen LogP contribution is 2.29. The van der Waals surface area contributed by atoms with Gasteiger partial charge in [-0.1, -0.05) is 26.7 Å². The topological polar surface area (TPSA) is 55.1 Å². The number of amides is 1. The number of nitrogens with two attached hydrogens (primary N) is 1. The van der Waals surface area contributed by atoms with Crippen molar-refractivity contribution in [3.8, 4) is 0 Å². The second-order valence-electron chi connectivity index (χ2n) is 5.70. The highest BCUT2D eigenvalue weighted by molar-refractivity contribution is 5.95. The van der Waals surface area contributed by atoms with Gasteiger partial charge in [-0.2, -0.15) is 0 Å². The van der Waals surface area contributed by atoms with E-state index in [0.717, 1.165) is 25.3 Å². The van der Waals surface area contributed by atoms with Crippen LogP contribution in [0.15, 0.2) is 12.1 Å². The first-order valence-electron chi connectivity index (χ1n) is 6.95. The summed E-state index contributed by atoms with van der Waals surface area (Å²) < 4.78 is 26.8. The molecule has 1 aromatic rings. The predicted octanol–water partition coefficient (Wildman–Crippen LogP) is 3.10. The van der Waals surface area contributed by atoms with E-state index in [1.165, 1.54) is 0 Å². The summed E-state index contributed by atoms with van der Waals surface area (Å²) in [4.78, 5) is 12.1. The molecule has 0 heterocycles. The van der Waals surface area contributed by atoms with Crippen LogP contribution in [-0.4, -0.2) is 11.9 Å². The van der Waals surface area contributed by atoms with Crippen LogP contribution in [0.5, 0.6) is 0 Å². The van der Waals surface area contributed by atoms with Gasteiger partial charge in [0.05, 0.1) is 11.3 Å². The molecule has 1 aliphatic carbocycles. The summed E-state index contributed by atoms with van der Waals surface area (Å²) in [5.74, 6) is -1.39. The lowest BCUT2D eigenvalue weighted by Gasteiger charge is -2.34. The number of carbonyl (C=O) groups is 1. The minimum Gasteiger partial charge on any atom is -0.396 e. The molecule has 0 bridgehead atoms. The van der Waals surface area contributed by atoms with Crippen LogP contribution in [0, 0.1) is 23.5 Å². The first-order valence-corrected chi connectivity index (χ1v) is 6.95. The average molecular weight is 282 g/mol. The Morgan fingerprint density at radius 3 is 2.65 bits per heavy atom. The van der Waals surface area contributed by atoms with Gasteiger partial charge in [-0.3, -0.25) is 4.79 Å². The van der Waals surface area contributed by atoms with Gasteiger partial charge in [0.15, 0.2) is 0 Å². The van der Waals surface area contributed by atoms with E-state index in [2.05, 4.69) is 19.2 Å². The molecule has 0 radical (unpaired) electrons. The van der Waals surface area contributed by atoms with Crippen molar-refractivity contribution in [2.75, 3.05) is 5.73 Å². The third-order valence-electron chi connectivity index (χ3n) is 4.35. The number of hydrogen-bond donors (Lipinski definition) is 2. The Labute approximate surface area is 117 Å². The summed E-state index contributed by atoms with van der Waals surface area (Å²) in [6.45, 7) is 4.24. The Bertz CT molecular complexity index is 519. The molecule has 1 fully saturated rings. The van der Waals surface area contributed by atoms with E-state index >= 15 is 0 Å². The van der Waals surface area contributed by atoms with Crippen LogP contribution in [0.2, 0.25) is 0 Å². The van der Waals surface area contributed by atoms with Crippen LogP contribution in [-0.2, 0) is 0 Å². The van der Waals surface area contributed by atoms with Crippen LogP contribution >= 0.6 is 0 Å². The average Bonchev–Trinajstić information content (AvgIpc) is 2.39. The van der Waals surface area contributed by atoms with Gasteiger partial charge in [-0.15, -0.1) is 0 Å². The van der Waals surface area contributed by atoms with Gasteiger partial charge in [0.1, 0.15) is 11.6 Å². The van der Waals surface area contributed by atoms with Crippen molar-refractivity contribution in [3.63, 3.8) is 0 Å². The molecule has 2 rings (SSSR count). The molecule has 3 nitrogen and oxygen atoms in total. The van der Waals surface area contributed by atoms with Crippen molar-refractivity contribution >= 4 is 11.6 Å². The van der Waals surface area contributed by atoms with Gasteiger partial charge in [-0.05, 0) is 24.3 Å². The zero-order chi connectivity index (χ0) is 14.9. The summed E-state index contributed by atoms with van der Waals surface area (Å²) in [6, 6.07) is 1.73.